The molecule has 192 valence electrons. The third-order valence-electron chi connectivity index (χ3n) is 6.30. The Balaban J connectivity index is 1.61. The summed E-state index contributed by atoms with van der Waals surface area (Å²) in [7, 11) is 0. The predicted molar refractivity (Wildman–Crippen MR) is 152 cm³/mol. The molecule has 0 fully saturated rings. The van der Waals surface area contributed by atoms with Crippen LogP contribution in [-0.2, 0) is 22.5 Å². The summed E-state index contributed by atoms with van der Waals surface area (Å²) in [6.45, 7) is 4.60. The van der Waals surface area contributed by atoms with Gasteiger partial charge in [0.25, 0.3) is 0 Å². The van der Waals surface area contributed by atoms with Crippen LogP contribution in [0.2, 0.25) is 0 Å². The number of ether oxygens (including phenoxy) is 1. The molecule has 0 saturated carbocycles. The number of fused-ring (bicyclic) bond motifs is 1. The number of aliphatic hydroxyl groups is 1. The van der Waals surface area contributed by atoms with Crippen molar-refractivity contribution in [1.82, 2.24) is 4.57 Å². The zero-order chi connectivity index (χ0) is 26.6. The van der Waals surface area contributed by atoms with Crippen LogP contribution < -0.4 is 0 Å². The number of aryl methyl sites for hydroxylation is 1. The first kappa shape index (κ1) is 25.5. The third kappa shape index (κ3) is 5.15. The first-order valence-electron chi connectivity index (χ1n) is 12.5. The molecule has 7 heteroatoms. The number of thioether (sulfide) groups is 1. The molecule has 0 radical (unpaired) electrons. The van der Waals surface area contributed by atoms with Gasteiger partial charge in [-0.05, 0) is 54.8 Å². The maximum atomic E-state index is 13.5. The van der Waals surface area contributed by atoms with E-state index in [1.807, 2.05) is 54.7 Å². The maximum Gasteiger partial charge on any atom is 0.344 e. The van der Waals surface area contributed by atoms with Gasteiger partial charge in [0, 0.05) is 23.7 Å². The fourth-order valence-corrected chi connectivity index (χ4v) is 5.56. The van der Waals surface area contributed by atoms with Crippen molar-refractivity contribution in [3.8, 4) is 0 Å². The number of benzene rings is 3. The van der Waals surface area contributed by atoms with Gasteiger partial charge in [-0.3, -0.25) is 0 Å². The number of esters is 1. The van der Waals surface area contributed by atoms with Crippen molar-refractivity contribution >= 4 is 45.4 Å². The molecule has 4 aromatic rings. The Hall–Kier alpha value is -4.10. The van der Waals surface area contributed by atoms with E-state index in [0.29, 0.717) is 22.2 Å². The van der Waals surface area contributed by atoms with Gasteiger partial charge >= 0.3 is 5.97 Å². The Morgan fingerprint density at radius 1 is 1.05 bits per heavy atom. The molecule has 1 aliphatic heterocycles. The summed E-state index contributed by atoms with van der Waals surface area (Å²) < 4.78 is 20.9. The topological polar surface area (TPSA) is 63.8 Å². The van der Waals surface area contributed by atoms with Crippen LogP contribution in [0.3, 0.4) is 0 Å². The van der Waals surface area contributed by atoms with Crippen LogP contribution in [-0.4, -0.2) is 27.3 Å². The molecule has 1 N–H and O–H groups in total. The molecule has 0 aliphatic carbocycles. The van der Waals surface area contributed by atoms with Crippen molar-refractivity contribution in [3.05, 3.63) is 118 Å². The number of aliphatic imine (C=N–C) groups is 1. The summed E-state index contributed by atoms with van der Waals surface area (Å²) in [6, 6.07) is 22.0. The Morgan fingerprint density at radius 3 is 2.53 bits per heavy atom. The second-order valence-corrected chi connectivity index (χ2v) is 9.84. The number of carbonyl (C=O) groups excluding carboxylic acids is 1. The summed E-state index contributed by atoms with van der Waals surface area (Å²) in [5.74, 6) is -1.02. The SMILES string of the molecule is CCOC(=O)C1=C(O)/C(=C/c2cn(Cc3ccc(F)cc3)c3c(CC)cccc23)SC1=Nc1ccccc1. The van der Waals surface area contributed by atoms with Crippen LogP contribution in [0.1, 0.15) is 30.5 Å². The molecule has 2 heterocycles. The smallest absolute Gasteiger partial charge is 0.344 e. The number of nitrogens with zero attached hydrogens (tertiary/aromatic N) is 2. The Labute approximate surface area is 225 Å². The summed E-state index contributed by atoms with van der Waals surface area (Å²) in [4.78, 5) is 17.9. The summed E-state index contributed by atoms with van der Waals surface area (Å²) in [5.41, 5.74) is 4.89. The van der Waals surface area contributed by atoms with E-state index in [2.05, 4.69) is 22.5 Å². The van der Waals surface area contributed by atoms with Gasteiger partial charge in [0.2, 0.25) is 0 Å². The molecule has 1 aromatic heterocycles. The fraction of sp³-hybridized carbons (Fsp3) is 0.161. The maximum absolute atomic E-state index is 13.5. The lowest BCUT2D eigenvalue weighted by Crippen LogP contribution is -2.12. The molecule has 3 aromatic carbocycles. The van der Waals surface area contributed by atoms with Crippen LogP contribution in [0.15, 0.2) is 100 Å². The van der Waals surface area contributed by atoms with E-state index in [1.54, 1.807) is 19.1 Å². The summed E-state index contributed by atoms with van der Waals surface area (Å²) >= 11 is 1.24. The normalized spacial score (nSPS) is 15.7. The highest BCUT2D eigenvalue weighted by Gasteiger charge is 2.33. The Bertz CT molecular complexity index is 1580. The Morgan fingerprint density at radius 2 is 1.82 bits per heavy atom. The van der Waals surface area contributed by atoms with Crippen LogP contribution >= 0.6 is 11.8 Å². The van der Waals surface area contributed by atoms with Crippen molar-refractivity contribution < 1.29 is 19.0 Å². The van der Waals surface area contributed by atoms with Gasteiger partial charge < -0.3 is 14.4 Å². The highest BCUT2D eigenvalue weighted by atomic mass is 32.2. The molecule has 1 aliphatic rings. The second-order valence-electron chi connectivity index (χ2n) is 8.81. The van der Waals surface area contributed by atoms with E-state index < -0.39 is 5.97 Å². The zero-order valence-electron chi connectivity index (χ0n) is 21.1. The number of hydrogen-bond donors (Lipinski definition) is 1. The lowest BCUT2D eigenvalue weighted by Gasteiger charge is -2.09. The van der Waals surface area contributed by atoms with Gasteiger partial charge in [0.05, 0.1) is 22.7 Å². The molecule has 5 rings (SSSR count). The molecule has 0 atom stereocenters. The van der Waals surface area contributed by atoms with Crippen LogP contribution in [0.4, 0.5) is 10.1 Å². The minimum absolute atomic E-state index is 0.0660. The third-order valence-corrected chi connectivity index (χ3v) is 7.32. The molecular weight excluding hydrogens is 499 g/mol. The quantitative estimate of drug-likeness (QED) is 0.252. The first-order valence-corrected chi connectivity index (χ1v) is 13.3. The highest BCUT2D eigenvalue weighted by Crippen LogP contribution is 2.41. The predicted octanol–water partition coefficient (Wildman–Crippen LogP) is 7.58. The molecule has 0 spiro atoms. The van der Waals surface area contributed by atoms with Gasteiger partial charge in [-0.2, -0.15) is 0 Å². The van der Waals surface area contributed by atoms with Crippen LogP contribution in [0, 0.1) is 5.82 Å². The second kappa shape index (κ2) is 11.1. The number of rotatable bonds is 7. The lowest BCUT2D eigenvalue weighted by atomic mass is 10.1. The molecule has 38 heavy (non-hydrogen) atoms. The summed E-state index contributed by atoms with van der Waals surface area (Å²) in [5, 5.41) is 12.6. The highest BCUT2D eigenvalue weighted by molar-refractivity contribution is 8.18. The average Bonchev–Trinajstić information content (AvgIpc) is 3.42. The number of carbonyl (C=O) groups is 1. The number of halogens is 1. The minimum atomic E-state index is -0.609. The van der Waals surface area contributed by atoms with E-state index in [1.165, 1.54) is 29.5 Å². The lowest BCUT2D eigenvalue weighted by molar-refractivity contribution is -0.138. The van der Waals surface area contributed by atoms with Gasteiger partial charge in [0.15, 0.2) is 0 Å². The number of para-hydroxylation sites is 2. The van der Waals surface area contributed by atoms with Gasteiger partial charge in [0.1, 0.15) is 22.2 Å². The van der Waals surface area contributed by atoms with Gasteiger partial charge in [-0.25, -0.2) is 14.2 Å². The molecule has 0 bridgehead atoms. The number of hydrogen-bond acceptors (Lipinski definition) is 5. The fourth-order valence-electron chi connectivity index (χ4n) is 4.53. The first-order chi connectivity index (χ1) is 18.5. The standard InChI is InChI=1S/C31H27FN2O3S/c1-3-21-9-8-12-25-22(19-34(28(21)25)18-20-13-15-23(32)16-14-20)17-26-29(35)27(31(36)37-4-2)30(38-26)33-24-10-6-5-7-11-24/h5-17,19,35H,3-4,18H2,1-2H3/b26-17-,33-30?. The van der Waals surface area contributed by atoms with E-state index in [4.69, 9.17) is 4.74 Å². The molecule has 5 nitrogen and oxygen atoms in total. The van der Waals surface area contributed by atoms with Crippen molar-refractivity contribution in [1.29, 1.82) is 0 Å². The van der Waals surface area contributed by atoms with Gasteiger partial charge in [-0.15, -0.1) is 0 Å². The minimum Gasteiger partial charge on any atom is -0.506 e. The van der Waals surface area contributed by atoms with Crippen LogP contribution in [0.5, 0.6) is 0 Å². The Kier molecular flexibility index (Phi) is 7.47. The van der Waals surface area contributed by atoms with E-state index in [-0.39, 0.29) is 23.8 Å². The van der Waals surface area contributed by atoms with E-state index >= 15 is 0 Å². The monoisotopic (exact) mass is 526 g/mol. The van der Waals surface area contributed by atoms with Crippen molar-refractivity contribution in [2.24, 2.45) is 4.99 Å². The molecular formula is C31H27FN2O3S. The average molecular weight is 527 g/mol. The van der Waals surface area contributed by atoms with E-state index in [9.17, 15) is 14.3 Å². The van der Waals surface area contributed by atoms with Crippen molar-refractivity contribution in [3.63, 3.8) is 0 Å². The largest absolute Gasteiger partial charge is 0.506 e. The molecule has 0 amide bonds. The summed E-state index contributed by atoms with van der Waals surface area (Å²) in [6.07, 6.45) is 4.77. The van der Waals surface area contributed by atoms with Crippen molar-refractivity contribution in [2.75, 3.05) is 6.61 Å². The molecule has 0 unspecified atom stereocenters. The zero-order valence-corrected chi connectivity index (χ0v) is 22.0. The number of aliphatic hydroxyl groups excluding tert-OH is 1. The van der Waals surface area contributed by atoms with Crippen molar-refractivity contribution in [2.45, 2.75) is 26.8 Å². The molecule has 0 saturated heterocycles. The van der Waals surface area contributed by atoms with E-state index in [0.717, 1.165) is 28.5 Å². The van der Waals surface area contributed by atoms with Gasteiger partial charge in [-0.1, -0.05) is 67.2 Å². The van der Waals surface area contributed by atoms with Crippen LogP contribution in [0.25, 0.3) is 17.0 Å². The number of aromatic nitrogens is 1.